The molecule has 6 nitrogen and oxygen atoms in total. The molecule has 0 bridgehead atoms. The quantitative estimate of drug-likeness (QED) is 0.426. The summed E-state index contributed by atoms with van der Waals surface area (Å²) in [6.45, 7) is 4.09. The Morgan fingerprint density at radius 3 is 2.36 bits per heavy atom. The zero-order chi connectivity index (χ0) is 23.4. The van der Waals surface area contributed by atoms with Gasteiger partial charge >= 0.3 is 6.03 Å². The van der Waals surface area contributed by atoms with E-state index < -0.39 is 0 Å². The monoisotopic (exact) mass is 441 g/mol. The Kier molecular flexibility index (Phi) is 6.45. The molecule has 0 saturated heterocycles. The van der Waals surface area contributed by atoms with Crippen LogP contribution in [0.5, 0.6) is 5.75 Å². The third-order valence-electron chi connectivity index (χ3n) is 5.37. The molecule has 0 unspecified atom stereocenters. The molecule has 4 aromatic rings. The highest BCUT2D eigenvalue weighted by atomic mass is 16.5. The summed E-state index contributed by atoms with van der Waals surface area (Å²) in [4.78, 5) is 25.7. The predicted molar refractivity (Wildman–Crippen MR) is 133 cm³/mol. The second-order valence-electron chi connectivity index (χ2n) is 8.10. The van der Waals surface area contributed by atoms with Crippen molar-refractivity contribution in [3.05, 3.63) is 94.9 Å². The summed E-state index contributed by atoms with van der Waals surface area (Å²) in [6.07, 6.45) is 0.0414. The highest BCUT2D eigenvalue weighted by molar-refractivity contribution is 5.97. The van der Waals surface area contributed by atoms with Gasteiger partial charge in [-0.15, -0.1) is 0 Å². The largest absolute Gasteiger partial charge is 0.491 e. The molecule has 2 amide bonds. The molecule has 6 heteroatoms. The molecule has 0 aliphatic rings. The molecule has 2 N–H and O–H groups in total. The van der Waals surface area contributed by atoms with Crippen LogP contribution in [-0.2, 0) is 13.6 Å². The number of nitrogens with one attached hydrogen (secondary N) is 2. The maximum atomic E-state index is 13.0. The van der Waals surface area contributed by atoms with Crippen LogP contribution in [0.25, 0.3) is 21.9 Å². The lowest BCUT2D eigenvalue weighted by atomic mass is 9.97. The highest BCUT2D eigenvalue weighted by Gasteiger charge is 2.17. The van der Waals surface area contributed by atoms with Crippen molar-refractivity contribution in [1.82, 2.24) is 9.88 Å². The average Bonchev–Trinajstić information content (AvgIpc) is 2.81. The van der Waals surface area contributed by atoms with Crippen molar-refractivity contribution in [2.75, 3.05) is 5.32 Å². The molecule has 1 heterocycles. The normalized spacial score (nSPS) is 10.9. The second kappa shape index (κ2) is 9.61. The Morgan fingerprint density at radius 1 is 0.939 bits per heavy atom. The number of benzene rings is 3. The number of pyridine rings is 1. The van der Waals surface area contributed by atoms with Crippen LogP contribution in [-0.4, -0.2) is 16.7 Å². The summed E-state index contributed by atoms with van der Waals surface area (Å²) in [7, 11) is 1.74. The molecular weight excluding hydrogens is 414 g/mol. The molecular formula is C27H27N3O3. The smallest absolute Gasteiger partial charge is 0.319 e. The highest BCUT2D eigenvalue weighted by Crippen LogP contribution is 2.30. The van der Waals surface area contributed by atoms with Crippen molar-refractivity contribution in [3.8, 4) is 16.9 Å². The van der Waals surface area contributed by atoms with Crippen molar-refractivity contribution >= 4 is 22.5 Å². The number of nitrogens with zero attached hydrogens (tertiary/aromatic N) is 1. The van der Waals surface area contributed by atoms with Gasteiger partial charge in [0.1, 0.15) is 5.75 Å². The van der Waals surface area contributed by atoms with Crippen LogP contribution in [0.15, 0.2) is 83.7 Å². The van der Waals surface area contributed by atoms with Gasteiger partial charge in [0.05, 0.1) is 12.6 Å². The zero-order valence-corrected chi connectivity index (χ0v) is 19.0. The minimum atomic E-state index is -0.365. The number of anilines is 1. The summed E-state index contributed by atoms with van der Waals surface area (Å²) < 4.78 is 7.30. The van der Waals surface area contributed by atoms with Crippen molar-refractivity contribution in [2.24, 2.45) is 7.05 Å². The van der Waals surface area contributed by atoms with E-state index >= 15 is 0 Å². The third kappa shape index (κ3) is 4.90. The molecule has 4 rings (SSSR count). The predicted octanol–water partition coefficient (Wildman–Crippen LogP) is 5.31. The number of urea groups is 1. The molecule has 1 aromatic heterocycles. The van der Waals surface area contributed by atoms with Crippen LogP contribution in [0.1, 0.15) is 19.5 Å². The lowest BCUT2D eigenvalue weighted by molar-refractivity contribution is 0.242. The van der Waals surface area contributed by atoms with Crippen LogP contribution >= 0.6 is 0 Å². The van der Waals surface area contributed by atoms with Crippen molar-refractivity contribution in [2.45, 2.75) is 26.5 Å². The van der Waals surface area contributed by atoms with Gasteiger partial charge in [-0.25, -0.2) is 4.79 Å². The van der Waals surface area contributed by atoms with Crippen molar-refractivity contribution in [1.29, 1.82) is 0 Å². The van der Waals surface area contributed by atoms with Gasteiger partial charge in [0, 0.05) is 35.4 Å². The number of hydrogen-bond donors (Lipinski definition) is 2. The topological polar surface area (TPSA) is 72.4 Å². The Balaban J connectivity index is 1.63. The molecule has 0 saturated carbocycles. The lowest BCUT2D eigenvalue weighted by Gasteiger charge is -2.18. The van der Waals surface area contributed by atoms with Crippen LogP contribution in [0.3, 0.4) is 0 Å². The molecule has 0 fully saturated rings. The molecule has 0 aliphatic carbocycles. The fourth-order valence-electron chi connectivity index (χ4n) is 3.91. The summed E-state index contributed by atoms with van der Waals surface area (Å²) in [5, 5.41) is 7.25. The first-order valence-electron chi connectivity index (χ1n) is 10.9. The van der Waals surface area contributed by atoms with E-state index in [0.717, 1.165) is 22.2 Å². The van der Waals surface area contributed by atoms with Gasteiger partial charge < -0.3 is 19.9 Å². The van der Waals surface area contributed by atoms with Crippen LogP contribution in [0.2, 0.25) is 0 Å². The maximum absolute atomic E-state index is 13.0. The number of carbonyl (C=O) groups is 1. The molecule has 0 aliphatic heterocycles. The van der Waals surface area contributed by atoms with E-state index in [9.17, 15) is 9.59 Å². The fourth-order valence-corrected chi connectivity index (χ4v) is 3.91. The molecule has 0 radical (unpaired) electrons. The van der Waals surface area contributed by atoms with E-state index in [1.54, 1.807) is 23.7 Å². The van der Waals surface area contributed by atoms with Crippen LogP contribution in [0.4, 0.5) is 10.5 Å². The van der Waals surface area contributed by atoms with Crippen LogP contribution < -0.4 is 20.9 Å². The number of carbonyl (C=O) groups excluding carboxylic acids is 1. The first-order chi connectivity index (χ1) is 15.9. The molecule has 3 aromatic carbocycles. The zero-order valence-electron chi connectivity index (χ0n) is 19.0. The van der Waals surface area contributed by atoms with E-state index in [4.69, 9.17) is 4.74 Å². The lowest BCUT2D eigenvalue weighted by Crippen LogP contribution is -2.32. The van der Waals surface area contributed by atoms with Gasteiger partial charge in [0.25, 0.3) is 5.56 Å². The Hall–Kier alpha value is -4.06. The summed E-state index contributed by atoms with van der Waals surface area (Å²) in [5.74, 6) is 0.686. The molecule has 168 valence electrons. The van der Waals surface area contributed by atoms with Gasteiger partial charge in [-0.1, -0.05) is 54.6 Å². The number of rotatable bonds is 6. The summed E-state index contributed by atoms with van der Waals surface area (Å²) >= 11 is 0. The maximum Gasteiger partial charge on any atom is 0.319 e. The van der Waals surface area contributed by atoms with Gasteiger partial charge in [-0.2, -0.15) is 0 Å². The average molecular weight is 442 g/mol. The van der Waals surface area contributed by atoms with E-state index in [2.05, 4.69) is 10.6 Å². The Labute approximate surface area is 192 Å². The van der Waals surface area contributed by atoms with E-state index in [-0.39, 0.29) is 24.2 Å². The molecule has 0 atom stereocenters. The van der Waals surface area contributed by atoms with Gasteiger partial charge in [0.2, 0.25) is 0 Å². The minimum absolute atomic E-state index is 0.0414. The first kappa shape index (κ1) is 22.1. The second-order valence-corrected chi connectivity index (χ2v) is 8.10. The number of aromatic nitrogens is 1. The number of fused-ring (bicyclic) bond motifs is 1. The summed E-state index contributed by atoms with van der Waals surface area (Å²) in [6, 6.07) is 24.4. The Bertz CT molecular complexity index is 1340. The fraction of sp³-hybridized carbons (Fsp3) is 0.185. The van der Waals surface area contributed by atoms with E-state index in [1.807, 2.05) is 80.6 Å². The number of ether oxygens (including phenoxy) is 1. The number of amides is 2. The van der Waals surface area contributed by atoms with Gasteiger partial charge in [-0.05, 0) is 43.0 Å². The number of hydrogen-bond acceptors (Lipinski definition) is 3. The first-order valence-corrected chi connectivity index (χ1v) is 10.9. The Morgan fingerprint density at radius 2 is 1.64 bits per heavy atom. The van der Waals surface area contributed by atoms with Gasteiger partial charge in [0.15, 0.2) is 0 Å². The third-order valence-corrected chi connectivity index (χ3v) is 5.37. The molecule has 33 heavy (non-hydrogen) atoms. The van der Waals surface area contributed by atoms with Crippen molar-refractivity contribution in [3.63, 3.8) is 0 Å². The molecule has 0 spiro atoms. The van der Waals surface area contributed by atoms with E-state index in [1.165, 1.54) is 0 Å². The summed E-state index contributed by atoms with van der Waals surface area (Å²) in [5.41, 5.74) is 3.18. The van der Waals surface area contributed by atoms with Gasteiger partial charge in [-0.3, -0.25) is 4.79 Å². The minimum Gasteiger partial charge on any atom is -0.491 e. The van der Waals surface area contributed by atoms with Crippen molar-refractivity contribution < 1.29 is 9.53 Å². The van der Waals surface area contributed by atoms with E-state index in [0.29, 0.717) is 16.8 Å². The SMILES string of the molecule is CC(C)Oc1cccc(NC(=O)NCc2c(-c3ccccc3)c3ccccc3c(=O)n2C)c1. The van der Waals surface area contributed by atoms with Crippen LogP contribution in [0, 0.1) is 0 Å². The standard InChI is InChI=1S/C27H27N3O3/c1-18(2)33-21-13-9-12-20(16-21)29-27(32)28-17-24-25(19-10-5-4-6-11-19)22-14-7-8-15-23(22)26(31)30(24)3/h4-16,18H,17H2,1-3H3,(H2,28,29,32).